The van der Waals surface area contributed by atoms with Gasteiger partial charge in [0, 0.05) is 24.8 Å². The standard InChI is InChI=1S/C18H15F3N2O4S/c19-18(20,21)28(25,26)27-17-5-1-3-13(12-17)11-14-4-2-10-23(22-14)15-6-8-16(24)9-7-15/h1-3,5-10,12,15H,4,11H2. The van der Waals surface area contributed by atoms with Gasteiger partial charge < -0.3 is 4.18 Å². The number of halogens is 3. The number of rotatable bonds is 5. The molecule has 28 heavy (non-hydrogen) atoms. The zero-order valence-electron chi connectivity index (χ0n) is 14.3. The van der Waals surface area contributed by atoms with Crippen LogP contribution in [-0.4, -0.2) is 36.5 Å². The highest BCUT2D eigenvalue weighted by Crippen LogP contribution is 2.27. The Kier molecular flexibility index (Phi) is 5.41. The molecule has 0 radical (unpaired) electrons. The lowest BCUT2D eigenvalue weighted by atomic mass is 10.0. The van der Waals surface area contributed by atoms with E-state index in [1.54, 1.807) is 29.4 Å². The van der Waals surface area contributed by atoms with E-state index in [-0.39, 0.29) is 11.8 Å². The van der Waals surface area contributed by atoms with E-state index in [2.05, 4.69) is 9.28 Å². The number of benzene rings is 1. The first-order valence-electron chi connectivity index (χ1n) is 8.15. The van der Waals surface area contributed by atoms with E-state index in [1.807, 2.05) is 6.08 Å². The summed E-state index contributed by atoms with van der Waals surface area (Å²) < 4.78 is 63.8. The molecule has 6 nitrogen and oxygen atoms in total. The van der Waals surface area contributed by atoms with E-state index in [9.17, 15) is 26.4 Å². The van der Waals surface area contributed by atoms with Gasteiger partial charge in [0.1, 0.15) is 5.75 Å². The Hall–Kier alpha value is -2.88. The second kappa shape index (κ2) is 7.63. The smallest absolute Gasteiger partial charge is 0.376 e. The van der Waals surface area contributed by atoms with Crippen LogP contribution in [0.15, 0.2) is 65.9 Å². The van der Waals surface area contributed by atoms with Crippen molar-refractivity contribution in [1.82, 2.24) is 5.01 Å². The second-order valence-electron chi connectivity index (χ2n) is 6.05. The summed E-state index contributed by atoms with van der Waals surface area (Å²) in [6.07, 6.45) is 10.8. The van der Waals surface area contributed by atoms with E-state index in [0.717, 1.165) is 11.8 Å². The molecule has 1 heterocycles. The van der Waals surface area contributed by atoms with Gasteiger partial charge in [-0.3, -0.25) is 9.80 Å². The zero-order chi connectivity index (χ0) is 20.4. The predicted molar refractivity (Wildman–Crippen MR) is 95.9 cm³/mol. The number of carbonyl (C=O) groups is 1. The summed E-state index contributed by atoms with van der Waals surface area (Å²) in [5, 5.41) is 6.14. The first-order chi connectivity index (χ1) is 13.1. The number of hydrazone groups is 1. The molecule has 0 fully saturated rings. The third kappa shape index (κ3) is 4.69. The minimum absolute atomic E-state index is 0.105. The van der Waals surface area contributed by atoms with Crippen molar-refractivity contribution >= 4 is 21.6 Å². The first kappa shape index (κ1) is 19.9. The fourth-order valence-corrected chi connectivity index (χ4v) is 3.06. The number of carbonyl (C=O) groups excluding carboxylic acids is 1. The van der Waals surface area contributed by atoms with Crippen LogP contribution in [0.3, 0.4) is 0 Å². The molecule has 0 amide bonds. The summed E-state index contributed by atoms with van der Waals surface area (Å²) in [4.78, 5) is 11.2. The van der Waals surface area contributed by atoms with Gasteiger partial charge in [-0.05, 0) is 29.8 Å². The summed E-state index contributed by atoms with van der Waals surface area (Å²) in [5.41, 5.74) is -4.23. The SMILES string of the molecule is O=C1C=CC(N2C=CCC(Cc3cccc(OS(=O)(=O)C(F)(F)F)c3)=N2)C=C1. The average molecular weight is 412 g/mol. The van der Waals surface area contributed by atoms with E-state index >= 15 is 0 Å². The monoisotopic (exact) mass is 412 g/mol. The zero-order valence-corrected chi connectivity index (χ0v) is 15.2. The minimum atomic E-state index is -5.72. The Morgan fingerprint density at radius 2 is 1.93 bits per heavy atom. The second-order valence-corrected chi connectivity index (χ2v) is 7.59. The number of ketones is 1. The Labute approximate surface area is 159 Å². The summed E-state index contributed by atoms with van der Waals surface area (Å²) in [5.74, 6) is -0.526. The molecule has 0 saturated heterocycles. The van der Waals surface area contributed by atoms with Gasteiger partial charge in [-0.1, -0.05) is 30.4 Å². The van der Waals surface area contributed by atoms with Crippen molar-refractivity contribution in [3.63, 3.8) is 0 Å². The van der Waals surface area contributed by atoms with Gasteiger partial charge in [-0.25, -0.2) is 0 Å². The van der Waals surface area contributed by atoms with Crippen molar-refractivity contribution in [2.24, 2.45) is 5.10 Å². The third-order valence-corrected chi connectivity index (χ3v) is 4.86. The number of allylic oxidation sites excluding steroid dienone is 3. The molecule has 0 saturated carbocycles. The van der Waals surface area contributed by atoms with Crippen LogP contribution < -0.4 is 4.18 Å². The molecule has 1 aliphatic heterocycles. The van der Waals surface area contributed by atoms with Crippen molar-refractivity contribution in [1.29, 1.82) is 0 Å². The van der Waals surface area contributed by atoms with E-state index in [0.29, 0.717) is 18.4 Å². The van der Waals surface area contributed by atoms with Crippen LogP contribution in [0.5, 0.6) is 5.75 Å². The van der Waals surface area contributed by atoms with E-state index < -0.39 is 21.4 Å². The van der Waals surface area contributed by atoms with Gasteiger partial charge in [-0.15, -0.1) is 0 Å². The molecule has 0 bridgehead atoms. The average Bonchev–Trinajstić information content (AvgIpc) is 2.61. The molecule has 0 N–H and O–H groups in total. The molecule has 148 valence electrons. The van der Waals surface area contributed by atoms with Crippen molar-refractivity contribution in [2.75, 3.05) is 0 Å². The van der Waals surface area contributed by atoms with Crippen molar-refractivity contribution in [3.8, 4) is 5.75 Å². The lowest BCUT2D eigenvalue weighted by molar-refractivity contribution is -0.110. The van der Waals surface area contributed by atoms with Gasteiger partial charge in [0.25, 0.3) is 0 Å². The number of alkyl halides is 3. The molecule has 1 aromatic rings. The van der Waals surface area contributed by atoms with Crippen LogP contribution in [-0.2, 0) is 21.3 Å². The molecular formula is C18H15F3N2O4S. The number of hydrogen-bond acceptors (Lipinski definition) is 6. The number of hydrogen-bond donors (Lipinski definition) is 0. The first-order valence-corrected chi connectivity index (χ1v) is 9.56. The van der Waals surface area contributed by atoms with Crippen LogP contribution in [0.25, 0.3) is 0 Å². The largest absolute Gasteiger partial charge is 0.534 e. The Morgan fingerprint density at radius 3 is 2.61 bits per heavy atom. The highest BCUT2D eigenvalue weighted by atomic mass is 32.2. The van der Waals surface area contributed by atoms with Crippen LogP contribution >= 0.6 is 0 Å². The van der Waals surface area contributed by atoms with E-state index in [4.69, 9.17) is 0 Å². The maximum atomic E-state index is 12.5. The molecule has 1 aromatic carbocycles. The molecule has 0 atom stereocenters. The molecule has 0 unspecified atom stereocenters. The molecule has 10 heteroatoms. The van der Waals surface area contributed by atoms with Gasteiger partial charge >= 0.3 is 15.6 Å². The van der Waals surface area contributed by atoms with Gasteiger partial charge in [0.2, 0.25) is 0 Å². The van der Waals surface area contributed by atoms with Crippen molar-refractivity contribution in [3.05, 3.63) is 66.4 Å². The minimum Gasteiger partial charge on any atom is -0.376 e. The summed E-state index contributed by atoms with van der Waals surface area (Å²) in [6, 6.07) is 5.20. The van der Waals surface area contributed by atoms with Crippen molar-refractivity contribution < 1.29 is 30.6 Å². The van der Waals surface area contributed by atoms with Crippen LogP contribution in [0.1, 0.15) is 12.0 Å². The summed E-state index contributed by atoms with van der Waals surface area (Å²) >= 11 is 0. The van der Waals surface area contributed by atoms with Crippen LogP contribution in [0, 0.1) is 0 Å². The highest BCUT2D eigenvalue weighted by molar-refractivity contribution is 7.88. The summed E-state index contributed by atoms with van der Waals surface area (Å²) in [6.45, 7) is 0. The molecule has 1 aliphatic carbocycles. The van der Waals surface area contributed by atoms with Crippen molar-refractivity contribution in [2.45, 2.75) is 24.4 Å². The fourth-order valence-electron chi connectivity index (χ4n) is 2.61. The quantitative estimate of drug-likeness (QED) is 0.549. The predicted octanol–water partition coefficient (Wildman–Crippen LogP) is 3.10. The topological polar surface area (TPSA) is 76.0 Å². The Balaban J connectivity index is 1.73. The molecule has 2 aliphatic rings. The number of nitrogens with zero attached hydrogens (tertiary/aromatic N) is 2. The van der Waals surface area contributed by atoms with E-state index in [1.165, 1.54) is 24.3 Å². The molecular weight excluding hydrogens is 397 g/mol. The molecule has 0 spiro atoms. The Morgan fingerprint density at radius 1 is 1.21 bits per heavy atom. The lowest BCUT2D eigenvalue weighted by Gasteiger charge is -2.26. The maximum Gasteiger partial charge on any atom is 0.534 e. The van der Waals surface area contributed by atoms with Gasteiger partial charge in [0.05, 0.1) is 6.04 Å². The van der Waals surface area contributed by atoms with Gasteiger partial charge in [0.15, 0.2) is 5.78 Å². The lowest BCUT2D eigenvalue weighted by Crippen LogP contribution is -2.28. The molecule has 0 aromatic heterocycles. The maximum absolute atomic E-state index is 12.5. The van der Waals surface area contributed by atoms with Crippen LogP contribution in [0.4, 0.5) is 13.2 Å². The van der Waals surface area contributed by atoms with Gasteiger partial charge in [-0.2, -0.15) is 26.7 Å². The molecule has 3 rings (SSSR count). The third-order valence-electron chi connectivity index (χ3n) is 3.89. The normalized spacial score (nSPS) is 17.8. The van der Waals surface area contributed by atoms with Crippen LogP contribution in [0.2, 0.25) is 0 Å². The fraction of sp³-hybridized carbons (Fsp3) is 0.222. The highest BCUT2D eigenvalue weighted by Gasteiger charge is 2.48. The summed E-state index contributed by atoms with van der Waals surface area (Å²) in [7, 11) is -5.72. The Bertz CT molecular complexity index is 978.